The number of carbonyl (C=O) groups is 2. The number of carbonyl (C=O) groups excluding carboxylic acids is 2. The van der Waals surface area contributed by atoms with Crippen molar-refractivity contribution in [2.75, 3.05) is 26.7 Å². The van der Waals surface area contributed by atoms with Crippen LogP contribution in [0.25, 0.3) is 0 Å². The van der Waals surface area contributed by atoms with Crippen LogP contribution in [0.1, 0.15) is 62.3 Å². The fourth-order valence-electron chi connectivity index (χ4n) is 9.18. The normalized spacial score (nSPS) is 26.8. The van der Waals surface area contributed by atoms with E-state index in [0.29, 0.717) is 25.1 Å². The van der Waals surface area contributed by atoms with Crippen LogP contribution in [0.3, 0.4) is 0 Å². The predicted octanol–water partition coefficient (Wildman–Crippen LogP) is 5.57. The van der Waals surface area contributed by atoms with Crippen LogP contribution < -0.4 is 9.47 Å². The zero-order valence-electron chi connectivity index (χ0n) is 27.8. The van der Waals surface area contributed by atoms with E-state index in [1.54, 1.807) is 7.11 Å². The van der Waals surface area contributed by atoms with Gasteiger partial charge in [0.25, 0.3) is 5.91 Å². The standard InChI is InChI=1S/C40H44N2O5/c1-27(2)26-42(35(44)18-15-29-11-7-5-8-12-29)32-19-21-40(47-28(3)43)34-25-31-16-17-33(45-4)37-36(31)39(40,38(32)46-37)22-24-41(34)23-20-30-13-9-6-10-14-30/h5-14,16-17,27,32,34,38H,19-26H2,1-4H3/t32-,34-,38+,39+,40-/m1/s1. The van der Waals surface area contributed by atoms with E-state index in [4.69, 9.17) is 14.2 Å². The van der Waals surface area contributed by atoms with Crippen LogP contribution in [-0.4, -0.2) is 72.2 Å². The second-order valence-corrected chi connectivity index (χ2v) is 13.9. The number of piperidine rings is 1. The van der Waals surface area contributed by atoms with E-state index >= 15 is 0 Å². The van der Waals surface area contributed by atoms with E-state index in [1.807, 2.05) is 47.4 Å². The Bertz CT molecular complexity index is 1710. The van der Waals surface area contributed by atoms with Gasteiger partial charge in [-0.05, 0) is 73.9 Å². The summed E-state index contributed by atoms with van der Waals surface area (Å²) < 4.78 is 19.7. The summed E-state index contributed by atoms with van der Waals surface area (Å²) in [6.07, 6.45) is 3.28. The van der Waals surface area contributed by atoms with Crippen LogP contribution in [0.5, 0.6) is 11.5 Å². The van der Waals surface area contributed by atoms with Gasteiger partial charge in [0, 0.05) is 37.1 Å². The number of nitrogens with zero attached hydrogens (tertiary/aromatic N) is 2. The number of ether oxygens (including phenoxy) is 3. The molecule has 2 fully saturated rings. The number of amides is 1. The molecule has 4 aliphatic rings. The van der Waals surface area contributed by atoms with E-state index in [1.165, 1.54) is 18.1 Å². The Hall–Kier alpha value is -4.28. The van der Waals surface area contributed by atoms with Crippen molar-refractivity contribution in [1.29, 1.82) is 0 Å². The molecule has 47 heavy (non-hydrogen) atoms. The molecule has 3 aromatic carbocycles. The SMILES string of the molecule is COc1ccc2c3c1O[C@H]1[C@H](N(CC(C)C)C(=O)C#Cc4ccccc4)CC[C@@]4(OC(C)=O)[C@@H](C2)N(CCc2ccccc2)CC[C@]314. The molecule has 7 heteroatoms. The summed E-state index contributed by atoms with van der Waals surface area (Å²) in [6.45, 7) is 8.05. The minimum Gasteiger partial charge on any atom is -0.493 e. The molecule has 0 N–H and O–H groups in total. The monoisotopic (exact) mass is 632 g/mol. The minimum absolute atomic E-state index is 0.0186. The van der Waals surface area contributed by atoms with Gasteiger partial charge >= 0.3 is 5.97 Å². The smallest absolute Gasteiger partial charge is 0.303 e. The number of hydrogen-bond acceptors (Lipinski definition) is 6. The van der Waals surface area contributed by atoms with E-state index < -0.39 is 17.1 Å². The molecule has 1 saturated carbocycles. The topological polar surface area (TPSA) is 68.3 Å². The summed E-state index contributed by atoms with van der Waals surface area (Å²) in [5.41, 5.74) is 2.99. The van der Waals surface area contributed by atoms with Crippen LogP contribution in [0.15, 0.2) is 72.8 Å². The highest BCUT2D eigenvalue weighted by Gasteiger charge is 2.75. The molecule has 7 nitrogen and oxygen atoms in total. The highest BCUT2D eigenvalue weighted by Crippen LogP contribution is 2.67. The largest absolute Gasteiger partial charge is 0.493 e. The highest BCUT2D eigenvalue weighted by molar-refractivity contribution is 5.94. The molecule has 7 rings (SSSR count). The number of benzene rings is 3. The lowest BCUT2D eigenvalue weighted by Gasteiger charge is -2.65. The Kier molecular flexibility index (Phi) is 8.26. The molecule has 5 atom stereocenters. The Morgan fingerprint density at radius 2 is 1.79 bits per heavy atom. The average Bonchev–Trinajstić information content (AvgIpc) is 3.42. The zero-order valence-corrected chi connectivity index (χ0v) is 27.8. The van der Waals surface area contributed by atoms with Crippen LogP contribution in [0.4, 0.5) is 0 Å². The molecule has 2 heterocycles. The number of methoxy groups -OCH3 is 1. The van der Waals surface area contributed by atoms with Gasteiger partial charge < -0.3 is 19.1 Å². The lowest BCUT2D eigenvalue weighted by molar-refractivity contribution is -0.224. The van der Waals surface area contributed by atoms with Gasteiger partial charge in [-0.3, -0.25) is 14.5 Å². The predicted molar refractivity (Wildman–Crippen MR) is 180 cm³/mol. The van der Waals surface area contributed by atoms with E-state index in [0.717, 1.165) is 49.2 Å². The molecule has 244 valence electrons. The Morgan fingerprint density at radius 3 is 2.49 bits per heavy atom. The fraction of sp³-hybridized carbons (Fsp3) is 0.450. The quantitative estimate of drug-likeness (QED) is 0.239. The second-order valence-electron chi connectivity index (χ2n) is 13.9. The van der Waals surface area contributed by atoms with Crippen molar-refractivity contribution in [3.8, 4) is 23.3 Å². The van der Waals surface area contributed by atoms with Crippen molar-refractivity contribution in [3.63, 3.8) is 0 Å². The summed E-state index contributed by atoms with van der Waals surface area (Å²) in [4.78, 5) is 31.7. The maximum Gasteiger partial charge on any atom is 0.303 e. The average molecular weight is 633 g/mol. The van der Waals surface area contributed by atoms with Gasteiger partial charge in [0.05, 0.1) is 24.6 Å². The number of likely N-dealkylation sites (tertiary alicyclic amines) is 1. The number of hydrogen-bond donors (Lipinski definition) is 0. The van der Waals surface area contributed by atoms with Gasteiger partial charge in [0.2, 0.25) is 0 Å². The number of rotatable bonds is 8. The molecule has 0 unspecified atom stereocenters. The summed E-state index contributed by atoms with van der Waals surface area (Å²) in [6, 6.07) is 24.1. The Morgan fingerprint density at radius 1 is 1.04 bits per heavy atom. The minimum atomic E-state index is -0.804. The summed E-state index contributed by atoms with van der Waals surface area (Å²) in [5, 5.41) is 0. The molecule has 1 saturated heterocycles. The van der Waals surface area contributed by atoms with Crippen molar-refractivity contribution >= 4 is 11.9 Å². The molecule has 2 bridgehead atoms. The van der Waals surface area contributed by atoms with Crippen molar-refractivity contribution in [1.82, 2.24) is 9.80 Å². The summed E-state index contributed by atoms with van der Waals surface area (Å²) in [5.74, 6) is 7.21. The van der Waals surface area contributed by atoms with E-state index in [-0.39, 0.29) is 29.9 Å². The molecule has 1 spiro atoms. The second kappa shape index (κ2) is 12.4. The van der Waals surface area contributed by atoms with Gasteiger partial charge in [-0.15, -0.1) is 0 Å². The highest BCUT2D eigenvalue weighted by atomic mass is 16.6. The van der Waals surface area contributed by atoms with Crippen LogP contribution in [0.2, 0.25) is 0 Å². The van der Waals surface area contributed by atoms with Gasteiger partial charge in [-0.1, -0.05) is 74.4 Å². The first kappa shape index (κ1) is 31.3. The Balaban J connectivity index is 1.33. The van der Waals surface area contributed by atoms with E-state index in [2.05, 4.69) is 60.9 Å². The van der Waals surface area contributed by atoms with Gasteiger partial charge in [-0.25, -0.2) is 0 Å². The van der Waals surface area contributed by atoms with Crippen molar-refractivity contribution in [3.05, 3.63) is 95.1 Å². The molecule has 2 aliphatic carbocycles. The lowest BCUT2D eigenvalue weighted by atomic mass is 9.48. The maximum absolute atomic E-state index is 14.1. The zero-order chi connectivity index (χ0) is 32.8. The summed E-state index contributed by atoms with van der Waals surface area (Å²) in [7, 11) is 1.67. The van der Waals surface area contributed by atoms with Gasteiger partial charge in [0.15, 0.2) is 11.5 Å². The third-order valence-corrected chi connectivity index (χ3v) is 10.9. The van der Waals surface area contributed by atoms with Crippen molar-refractivity contribution in [2.45, 2.75) is 82.1 Å². The first-order chi connectivity index (χ1) is 22.8. The molecule has 0 aromatic heterocycles. The first-order valence-corrected chi connectivity index (χ1v) is 17.0. The van der Waals surface area contributed by atoms with Gasteiger partial charge in [0.1, 0.15) is 11.7 Å². The molecule has 1 amide bonds. The third-order valence-electron chi connectivity index (χ3n) is 10.9. The van der Waals surface area contributed by atoms with Gasteiger partial charge in [-0.2, -0.15) is 0 Å². The molecule has 2 aliphatic heterocycles. The third kappa shape index (κ3) is 5.18. The van der Waals surface area contributed by atoms with Crippen LogP contribution in [-0.2, 0) is 32.6 Å². The number of esters is 1. The van der Waals surface area contributed by atoms with Crippen molar-refractivity contribution < 1.29 is 23.8 Å². The summed E-state index contributed by atoms with van der Waals surface area (Å²) >= 11 is 0. The fourth-order valence-corrected chi connectivity index (χ4v) is 9.18. The maximum atomic E-state index is 14.1. The lowest BCUT2D eigenvalue weighted by Crippen LogP contribution is -2.79. The van der Waals surface area contributed by atoms with Crippen LogP contribution >= 0.6 is 0 Å². The molecular weight excluding hydrogens is 588 g/mol. The van der Waals surface area contributed by atoms with Crippen molar-refractivity contribution in [2.24, 2.45) is 5.92 Å². The molecule has 3 aromatic rings. The molecular formula is C40H44N2O5. The van der Waals surface area contributed by atoms with Crippen LogP contribution in [0, 0.1) is 17.8 Å². The molecule has 0 radical (unpaired) electrons. The Labute approximate surface area is 278 Å². The van der Waals surface area contributed by atoms with E-state index in [9.17, 15) is 9.59 Å². The first-order valence-electron chi connectivity index (χ1n) is 17.0.